The molecule has 0 aromatic carbocycles. The van der Waals surface area contributed by atoms with E-state index in [1.165, 1.54) is 12.0 Å². The molecule has 0 bridgehead atoms. The Morgan fingerprint density at radius 2 is 2.24 bits per heavy atom. The average molecular weight is 235 g/mol. The first-order valence-electron chi connectivity index (χ1n) is 6.13. The molecule has 0 unspecified atom stereocenters. The zero-order chi connectivity index (χ0) is 12.5. The van der Waals surface area contributed by atoms with Crippen molar-refractivity contribution in [2.45, 2.75) is 32.6 Å². The Morgan fingerprint density at radius 1 is 1.47 bits per heavy atom. The van der Waals surface area contributed by atoms with Gasteiger partial charge in [0.05, 0.1) is 5.71 Å². The summed E-state index contributed by atoms with van der Waals surface area (Å²) in [4.78, 5) is 0. The molecule has 0 heterocycles. The Balaban J connectivity index is 2.23. The minimum absolute atomic E-state index is 0.00971. The molecule has 0 aromatic rings. The van der Waals surface area contributed by atoms with Crippen LogP contribution in [0.5, 0.6) is 0 Å². The SMILES string of the molecule is C[C@]12CC/C(=N\N=C(N)N)C=C1CC[C@@H]2CN. The maximum absolute atomic E-state index is 5.85. The number of nitrogens with zero attached hydrogens (tertiary/aromatic N) is 2. The molecule has 0 radical (unpaired) electrons. The van der Waals surface area contributed by atoms with Crippen LogP contribution in [-0.4, -0.2) is 18.2 Å². The minimum atomic E-state index is 0.00971. The summed E-state index contributed by atoms with van der Waals surface area (Å²) in [5.41, 5.74) is 19.1. The second-order valence-corrected chi connectivity index (χ2v) is 5.17. The van der Waals surface area contributed by atoms with Crippen molar-refractivity contribution in [3.63, 3.8) is 0 Å². The van der Waals surface area contributed by atoms with Gasteiger partial charge in [-0.05, 0) is 49.6 Å². The highest BCUT2D eigenvalue weighted by atomic mass is 15.3. The summed E-state index contributed by atoms with van der Waals surface area (Å²) in [5.74, 6) is 0.619. The first kappa shape index (κ1) is 12.1. The van der Waals surface area contributed by atoms with E-state index in [1.807, 2.05) is 0 Å². The van der Waals surface area contributed by atoms with Gasteiger partial charge >= 0.3 is 0 Å². The average Bonchev–Trinajstić information content (AvgIpc) is 2.62. The summed E-state index contributed by atoms with van der Waals surface area (Å²) in [6.45, 7) is 3.09. The third-order valence-electron chi connectivity index (χ3n) is 4.22. The number of hydrogen-bond acceptors (Lipinski definition) is 3. The molecule has 2 atom stereocenters. The van der Waals surface area contributed by atoms with E-state index < -0.39 is 0 Å². The lowest BCUT2D eigenvalue weighted by Gasteiger charge is -2.35. The first-order valence-corrected chi connectivity index (χ1v) is 6.13. The Kier molecular flexibility index (Phi) is 3.19. The molecule has 6 N–H and O–H groups in total. The van der Waals surface area contributed by atoms with E-state index in [4.69, 9.17) is 17.2 Å². The maximum Gasteiger partial charge on any atom is 0.211 e. The summed E-state index contributed by atoms with van der Waals surface area (Å²) in [7, 11) is 0. The van der Waals surface area contributed by atoms with Gasteiger partial charge in [-0.1, -0.05) is 12.5 Å². The summed E-state index contributed by atoms with van der Waals surface area (Å²) in [6.07, 6.45) is 6.49. The molecule has 5 heteroatoms. The third kappa shape index (κ3) is 2.20. The lowest BCUT2D eigenvalue weighted by molar-refractivity contribution is 0.262. The lowest BCUT2D eigenvalue weighted by Crippen LogP contribution is -2.32. The highest BCUT2D eigenvalue weighted by molar-refractivity contribution is 5.97. The van der Waals surface area contributed by atoms with Crippen molar-refractivity contribution in [2.75, 3.05) is 6.54 Å². The van der Waals surface area contributed by atoms with E-state index in [0.29, 0.717) is 5.92 Å². The topological polar surface area (TPSA) is 103 Å². The molecule has 0 amide bonds. The van der Waals surface area contributed by atoms with Crippen LogP contribution in [-0.2, 0) is 0 Å². The summed E-state index contributed by atoms with van der Waals surface area (Å²) in [5, 5.41) is 7.79. The number of rotatable bonds is 2. The Hall–Kier alpha value is -1.36. The molecule has 0 aliphatic heterocycles. The van der Waals surface area contributed by atoms with Crippen molar-refractivity contribution >= 4 is 11.7 Å². The molecule has 0 aromatic heterocycles. The van der Waals surface area contributed by atoms with Crippen LogP contribution in [0.4, 0.5) is 0 Å². The quantitative estimate of drug-likeness (QED) is 0.373. The summed E-state index contributed by atoms with van der Waals surface area (Å²) in [6, 6.07) is 0. The van der Waals surface area contributed by atoms with Gasteiger partial charge in [0.1, 0.15) is 0 Å². The fourth-order valence-corrected chi connectivity index (χ4v) is 3.04. The van der Waals surface area contributed by atoms with Crippen LogP contribution in [0, 0.1) is 11.3 Å². The van der Waals surface area contributed by atoms with E-state index in [0.717, 1.165) is 31.5 Å². The van der Waals surface area contributed by atoms with Gasteiger partial charge in [-0.25, -0.2) is 0 Å². The monoisotopic (exact) mass is 235 g/mol. The Labute approximate surface area is 102 Å². The van der Waals surface area contributed by atoms with Gasteiger partial charge in [0, 0.05) is 0 Å². The highest BCUT2D eigenvalue weighted by Gasteiger charge is 2.43. The second-order valence-electron chi connectivity index (χ2n) is 5.17. The molecule has 1 fully saturated rings. The standard InChI is InChI=1S/C12H21N5/c1-12-5-4-10(16-17-11(14)15)6-8(12)2-3-9(12)7-13/h6,9H,2-5,7,13H2,1H3,(H4,14,15,17)/b16-10+/t9-,12+/m1/s1. The molecule has 2 aliphatic rings. The number of hydrogen-bond donors (Lipinski definition) is 3. The van der Waals surface area contributed by atoms with Gasteiger partial charge in [0.15, 0.2) is 0 Å². The number of nitrogens with two attached hydrogens (primary N) is 3. The third-order valence-corrected chi connectivity index (χ3v) is 4.22. The van der Waals surface area contributed by atoms with Gasteiger partial charge in [-0.2, -0.15) is 5.10 Å². The first-order chi connectivity index (χ1) is 8.06. The zero-order valence-electron chi connectivity index (χ0n) is 10.3. The van der Waals surface area contributed by atoms with E-state index in [2.05, 4.69) is 23.2 Å². The number of allylic oxidation sites excluding steroid dienone is 2. The molecule has 17 heavy (non-hydrogen) atoms. The molecule has 94 valence electrons. The smallest absolute Gasteiger partial charge is 0.211 e. The van der Waals surface area contributed by atoms with Crippen LogP contribution in [0.15, 0.2) is 21.9 Å². The highest BCUT2D eigenvalue weighted by Crippen LogP contribution is 2.51. The van der Waals surface area contributed by atoms with Crippen molar-refractivity contribution in [1.29, 1.82) is 0 Å². The molecular weight excluding hydrogens is 214 g/mol. The molecule has 5 nitrogen and oxygen atoms in total. The minimum Gasteiger partial charge on any atom is -0.369 e. The van der Waals surface area contributed by atoms with Crippen LogP contribution in [0.25, 0.3) is 0 Å². The van der Waals surface area contributed by atoms with Crippen LogP contribution >= 0.6 is 0 Å². The Morgan fingerprint density at radius 3 is 2.88 bits per heavy atom. The normalized spacial score (nSPS) is 34.4. The van der Waals surface area contributed by atoms with E-state index in [1.54, 1.807) is 0 Å². The van der Waals surface area contributed by atoms with Crippen molar-refractivity contribution in [1.82, 2.24) is 0 Å². The van der Waals surface area contributed by atoms with E-state index in [9.17, 15) is 0 Å². The second kappa shape index (κ2) is 4.49. The number of fused-ring (bicyclic) bond motifs is 1. The fourth-order valence-electron chi connectivity index (χ4n) is 3.04. The van der Waals surface area contributed by atoms with E-state index in [-0.39, 0.29) is 11.4 Å². The van der Waals surface area contributed by atoms with Crippen LogP contribution in [0.2, 0.25) is 0 Å². The van der Waals surface area contributed by atoms with Crippen molar-refractivity contribution in [2.24, 2.45) is 38.7 Å². The molecule has 0 saturated heterocycles. The summed E-state index contributed by atoms with van der Waals surface area (Å²) < 4.78 is 0. The lowest BCUT2D eigenvalue weighted by atomic mass is 9.70. The fraction of sp³-hybridized carbons (Fsp3) is 0.667. The van der Waals surface area contributed by atoms with Crippen LogP contribution < -0.4 is 17.2 Å². The van der Waals surface area contributed by atoms with Gasteiger partial charge in [0.25, 0.3) is 0 Å². The van der Waals surface area contributed by atoms with Crippen LogP contribution in [0.3, 0.4) is 0 Å². The van der Waals surface area contributed by atoms with E-state index >= 15 is 0 Å². The van der Waals surface area contributed by atoms with Gasteiger partial charge in [0.2, 0.25) is 5.96 Å². The molecule has 2 rings (SSSR count). The van der Waals surface area contributed by atoms with Crippen molar-refractivity contribution < 1.29 is 0 Å². The zero-order valence-corrected chi connectivity index (χ0v) is 10.3. The van der Waals surface area contributed by atoms with Gasteiger partial charge in [-0.3, -0.25) is 0 Å². The predicted molar refractivity (Wildman–Crippen MR) is 70.4 cm³/mol. The van der Waals surface area contributed by atoms with Gasteiger partial charge in [-0.15, -0.1) is 5.10 Å². The summed E-state index contributed by atoms with van der Waals surface area (Å²) >= 11 is 0. The van der Waals surface area contributed by atoms with Crippen molar-refractivity contribution in [3.05, 3.63) is 11.6 Å². The molecule has 1 saturated carbocycles. The molecular formula is C12H21N5. The maximum atomic E-state index is 5.85. The predicted octanol–water partition coefficient (Wildman–Crippen LogP) is 0.711. The Bertz CT molecular complexity index is 392. The largest absolute Gasteiger partial charge is 0.369 e. The molecule has 2 aliphatic carbocycles. The molecule has 0 spiro atoms. The van der Waals surface area contributed by atoms with Gasteiger partial charge < -0.3 is 17.2 Å². The van der Waals surface area contributed by atoms with Crippen LogP contribution in [0.1, 0.15) is 32.6 Å². The number of guanidine groups is 1. The van der Waals surface area contributed by atoms with Crippen molar-refractivity contribution in [3.8, 4) is 0 Å².